The normalized spacial score (nSPS) is 12.6. The van der Waals surface area contributed by atoms with Gasteiger partial charge in [0.2, 0.25) is 0 Å². The molecule has 1 aliphatic rings. The Balaban J connectivity index is 1.68. The topological polar surface area (TPSA) is 50.4 Å². The summed E-state index contributed by atoms with van der Waals surface area (Å²) in [5, 5.41) is 7.31. The number of thiocarbonyl (C=S) groups is 1. The van der Waals surface area contributed by atoms with Crippen LogP contribution in [0.3, 0.4) is 0 Å². The van der Waals surface area contributed by atoms with Crippen molar-refractivity contribution >= 4 is 39.6 Å². The Kier molecular flexibility index (Phi) is 5.11. The highest BCUT2D eigenvalue weighted by atomic mass is 32.1. The monoisotopic (exact) mass is 364 g/mol. The van der Waals surface area contributed by atoms with Gasteiger partial charge in [-0.15, -0.1) is 11.3 Å². The molecule has 2 N–H and O–H groups in total. The minimum absolute atomic E-state index is 0.268. The summed E-state index contributed by atoms with van der Waals surface area (Å²) in [5.41, 5.74) is 2.60. The van der Waals surface area contributed by atoms with Crippen LogP contribution < -0.4 is 10.6 Å². The van der Waals surface area contributed by atoms with Gasteiger partial charge in [0.25, 0.3) is 0 Å². The summed E-state index contributed by atoms with van der Waals surface area (Å²) in [6, 6.07) is 6.22. The van der Waals surface area contributed by atoms with Gasteiger partial charge in [-0.05, 0) is 54.7 Å². The maximum Gasteiger partial charge on any atom is 0.341 e. The van der Waals surface area contributed by atoms with Crippen LogP contribution >= 0.6 is 23.6 Å². The molecule has 24 heavy (non-hydrogen) atoms. The molecule has 2 aromatic rings. The molecular weight excluding hydrogens is 347 g/mol. The number of methoxy groups -OCH3 is 1. The van der Waals surface area contributed by atoms with E-state index in [-0.39, 0.29) is 11.8 Å². The standard InChI is InChI=1S/C17H17FN2O2S2/c1-22-16(21)14-12-3-2-4-13(12)24-15(14)20-17(23)19-9-10-5-7-11(18)8-6-10/h5-8H,2-4,9H2,1H3,(H2,19,20,23). The Bertz CT molecular complexity index is 772. The zero-order valence-corrected chi connectivity index (χ0v) is 14.8. The lowest BCUT2D eigenvalue weighted by Crippen LogP contribution is -2.28. The number of carbonyl (C=O) groups excluding carboxylic acids is 1. The van der Waals surface area contributed by atoms with Crippen LogP contribution in [0.2, 0.25) is 0 Å². The Morgan fingerprint density at radius 1 is 1.33 bits per heavy atom. The predicted octanol–water partition coefficient (Wildman–Crippen LogP) is 3.65. The van der Waals surface area contributed by atoms with Gasteiger partial charge in [0, 0.05) is 11.4 Å². The fourth-order valence-electron chi connectivity index (χ4n) is 2.74. The lowest BCUT2D eigenvalue weighted by atomic mass is 10.1. The molecule has 0 radical (unpaired) electrons. The van der Waals surface area contributed by atoms with Gasteiger partial charge in [0.05, 0.1) is 12.7 Å². The Morgan fingerprint density at radius 2 is 2.08 bits per heavy atom. The number of rotatable bonds is 4. The zero-order valence-electron chi connectivity index (χ0n) is 13.1. The van der Waals surface area contributed by atoms with Crippen LogP contribution in [0.4, 0.5) is 9.39 Å². The van der Waals surface area contributed by atoms with Crippen LogP contribution in [0.1, 0.15) is 32.8 Å². The smallest absolute Gasteiger partial charge is 0.341 e. The second kappa shape index (κ2) is 7.27. The number of hydrogen-bond acceptors (Lipinski definition) is 4. The van der Waals surface area contributed by atoms with Gasteiger partial charge in [-0.2, -0.15) is 0 Å². The molecule has 0 aliphatic heterocycles. The number of nitrogens with one attached hydrogen (secondary N) is 2. The van der Waals surface area contributed by atoms with Gasteiger partial charge in [0.15, 0.2) is 5.11 Å². The molecule has 3 rings (SSSR count). The van der Waals surface area contributed by atoms with Gasteiger partial charge < -0.3 is 15.4 Å². The quantitative estimate of drug-likeness (QED) is 0.641. The van der Waals surface area contributed by atoms with Crippen molar-refractivity contribution in [3.05, 3.63) is 51.7 Å². The van der Waals surface area contributed by atoms with Gasteiger partial charge in [0.1, 0.15) is 10.8 Å². The van der Waals surface area contributed by atoms with Crippen molar-refractivity contribution in [1.29, 1.82) is 0 Å². The predicted molar refractivity (Wildman–Crippen MR) is 97.1 cm³/mol. The fourth-order valence-corrected chi connectivity index (χ4v) is 4.26. The highest BCUT2D eigenvalue weighted by molar-refractivity contribution is 7.80. The van der Waals surface area contributed by atoms with E-state index in [2.05, 4.69) is 10.6 Å². The van der Waals surface area contributed by atoms with Crippen LogP contribution in [0.5, 0.6) is 0 Å². The number of anilines is 1. The molecule has 1 aliphatic carbocycles. The second-order valence-electron chi connectivity index (χ2n) is 5.49. The fraction of sp³-hybridized carbons (Fsp3) is 0.294. The van der Waals surface area contributed by atoms with Gasteiger partial charge in [-0.1, -0.05) is 12.1 Å². The van der Waals surface area contributed by atoms with E-state index in [9.17, 15) is 9.18 Å². The average molecular weight is 364 g/mol. The number of hydrogen-bond donors (Lipinski definition) is 2. The summed E-state index contributed by atoms with van der Waals surface area (Å²) >= 11 is 6.86. The second-order valence-corrected chi connectivity index (χ2v) is 7.00. The van der Waals surface area contributed by atoms with Crippen LogP contribution in [0.25, 0.3) is 0 Å². The SMILES string of the molecule is COC(=O)c1c(NC(=S)NCc2ccc(F)cc2)sc2c1CCC2. The number of thiophene rings is 1. The molecule has 0 saturated carbocycles. The molecule has 0 unspecified atom stereocenters. The Labute approximate surface area is 149 Å². The molecule has 0 spiro atoms. The molecule has 4 nitrogen and oxygen atoms in total. The number of fused-ring (bicyclic) bond motifs is 1. The highest BCUT2D eigenvalue weighted by Crippen LogP contribution is 2.39. The third-order valence-electron chi connectivity index (χ3n) is 3.90. The highest BCUT2D eigenvalue weighted by Gasteiger charge is 2.27. The first kappa shape index (κ1) is 16.9. The maximum atomic E-state index is 12.9. The summed E-state index contributed by atoms with van der Waals surface area (Å²) in [5.74, 6) is -0.603. The van der Waals surface area contributed by atoms with Gasteiger partial charge in [-0.3, -0.25) is 0 Å². The molecule has 1 aromatic heterocycles. The molecule has 1 heterocycles. The molecule has 0 fully saturated rings. The molecule has 0 saturated heterocycles. The van der Waals surface area contributed by atoms with E-state index in [1.165, 1.54) is 24.1 Å². The van der Waals surface area contributed by atoms with E-state index in [4.69, 9.17) is 17.0 Å². The molecule has 0 atom stereocenters. The number of ether oxygens (including phenoxy) is 1. The van der Waals surface area contributed by atoms with E-state index in [1.54, 1.807) is 23.5 Å². The van der Waals surface area contributed by atoms with Gasteiger partial charge in [-0.25, -0.2) is 9.18 Å². The van der Waals surface area contributed by atoms with Crippen molar-refractivity contribution in [2.24, 2.45) is 0 Å². The summed E-state index contributed by atoms with van der Waals surface area (Å²) < 4.78 is 17.8. The summed E-state index contributed by atoms with van der Waals surface area (Å²) in [6.45, 7) is 0.477. The lowest BCUT2D eigenvalue weighted by Gasteiger charge is -2.11. The number of aryl methyl sites for hydroxylation is 1. The Morgan fingerprint density at radius 3 is 2.79 bits per heavy atom. The summed E-state index contributed by atoms with van der Waals surface area (Å²) in [7, 11) is 1.39. The minimum Gasteiger partial charge on any atom is -0.465 e. The largest absolute Gasteiger partial charge is 0.465 e. The van der Waals surface area contributed by atoms with Crippen LogP contribution in [0, 0.1) is 5.82 Å². The average Bonchev–Trinajstić information content (AvgIpc) is 3.14. The van der Waals surface area contributed by atoms with E-state index in [0.717, 1.165) is 35.4 Å². The van der Waals surface area contributed by atoms with E-state index in [0.29, 0.717) is 17.2 Å². The van der Waals surface area contributed by atoms with Crippen molar-refractivity contribution in [3.63, 3.8) is 0 Å². The number of halogens is 1. The molecule has 1 aromatic carbocycles. The third kappa shape index (κ3) is 3.57. The Hall–Kier alpha value is -1.99. The number of esters is 1. The molecule has 0 bridgehead atoms. The van der Waals surface area contributed by atoms with Crippen LogP contribution in [-0.4, -0.2) is 18.2 Å². The van der Waals surface area contributed by atoms with Crippen molar-refractivity contribution in [3.8, 4) is 0 Å². The zero-order chi connectivity index (χ0) is 17.1. The molecular formula is C17H17FN2O2S2. The third-order valence-corrected chi connectivity index (χ3v) is 5.36. The summed E-state index contributed by atoms with van der Waals surface area (Å²) in [6.07, 6.45) is 2.95. The van der Waals surface area contributed by atoms with E-state index >= 15 is 0 Å². The van der Waals surface area contributed by atoms with Gasteiger partial charge >= 0.3 is 5.97 Å². The molecule has 126 valence electrons. The van der Waals surface area contributed by atoms with Crippen molar-refractivity contribution in [2.75, 3.05) is 12.4 Å². The minimum atomic E-state index is -0.335. The van der Waals surface area contributed by atoms with Crippen molar-refractivity contribution in [1.82, 2.24) is 5.32 Å². The molecule has 0 amide bonds. The first-order valence-electron chi connectivity index (χ1n) is 7.60. The van der Waals surface area contributed by atoms with Crippen molar-refractivity contribution in [2.45, 2.75) is 25.8 Å². The van der Waals surface area contributed by atoms with E-state index < -0.39 is 0 Å². The first-order valence-corrected chi connectivity index (χ1v) is 8.83. The first-order chi connectivity index (χ1) is 11.6. The number of carbonyl (C=O) groups is 1. The maximum absolute atomic E-state index is 12.9. The summed E-state index contributed by atoms with van der Waals surface area (Å²) in [4.78, 5) is 13.3. The molecule has 7 heteroatoms. The van der Waals surface area contributed by atoms with E-state index in [1.807, 2.05) is 0 Å². The van der Waals surface area contributed by atoms with Crippen LogP contribution in [0.15, 0.2) is 24.3 Å². The lowest BCUT2D eigenvalue weighted by molar-refractivity contribution is 0.0601. The van der Waals surface area contributed by atoms with Crippen LogP contribution in [-0.2, 0) is 24.1 Å². The van der Waals surface area contributed by atoms with Crippen molar-refractivity contribution < 1.29 is 13.9 Å². The number of benzene rings is 1.